The number of benzene rings is 1. The largest absolute Gasteiger partial charge is 0.384 e. The Kier molecular flexibility index (Phi) is 5.18. The lowest BCUT2D eigenvalue weighted by atomic mass is 9.78. The van der Waals surface area contributed by atoms with Gasteiger partial charge in [0.15, 0.2) is 0 Å². The van der Waals surface area contributed by atoms with Crippen LogP contribution in [0.25, 0.3) is 0 Å². The van der Waals surface area contributed by atoms with Crippen molar-refractivity contribution in [3.8, 4) is 6.07 Å². The SMILES string of the molecule is COCC1(C(=O)Nc2cc(C#N)ccc2Cl)CCNCC1. The molecule has 112 valence electrons. The minimum atomic E-state index is -0.550. The van der Waals surface area contributed by atoms with E-state index in [0.29, 0.717) is 35.7 Å². The van der Waals surface area contributed by atoms with E-state index in [4.69, 9.17) is 21.6 Å². The highest BCUT2D eigenvalue weighted by Gasteiger charge is 2.39. The van der Waals surface area contributed by atoms with Crippen LogP contribution in [0, 0.1) is 16.7 Å². The Morgan fingerprint density at radius 2 is 2.24 bits per heavy atom. The number of carbonyl (C=O) groups excluding carboxylic acids is 1. The Morgan fingerprint density at radius 3 is 2.86 bits per heavy atom. The molecule has 1 heterocycles. The molecule has 21 heavy (non-hydrogen) atoms. The van der Waals surface area contributed by atoms with E-state index in [0.717, 1.165) is 13.1 Å². The molecular weight excluding hydrogens is 290 g/mol. The Balaban J connectivity index is 2.21. The average molecular weight is 308 g/mol. The van der Waals surface area contributed by atoms with Crippen LogP contribution in [0.1, 0.15) is 18.4 Å². The molecule has 1 saturated heterocycles. The van der Waals surface area contributed by atoms with Crippen LogP contribution in [0.15, 0.2) is 18.2 Å². The van der Waals surface area contributed by atoms with Gasteiger partial charge in [0.25, 0.3) is 0 Å². The van der Waals surface area contributed by atoms with E-state index in [1.165, 1.54) is 0 Å². The molecule has 0 atom stereocenters. The lowest BCUT2D eigenvalue weighted by molar-refractivity contribution is -0.130. The highest BCUT2D eigenvalue weighted by atomic mass is 35.5. The summed E-state index contributed by atoms with van der Waals surface area (Å²) in [6.45, 7) is 1.93. The van der Waals surface area contributed by atoms with E-state index in [1.54, 1.807) is 25.3 Å². The molecule has 1 aliphatic heterocycles. The Hall–Kier alpha value is -1.61. The zero-order valence-corrected chi connectivity index (χ0v) is 12.7. The van der Waals surface area contributed by atoms with Gasteiger partial charge in [0.2, 0.25) is 5.91 Å². The van der Waals surface area contributed by atoms with Gasteiger partial charge in [0.1, 0.15) is 0 Å². The van der Waals surface area contributed by atoms with E-state index < -0.39 is 5.41 Å². The number of carbonyl (C=O) groups is 1. The van der Waals surface area contributed by atoms with Crippen LogP contribution in [0.2, 0.25) is 5.02 Å². The quantitative estimate of drug-likeness (QED) is 0.894. The van der Waals surface area contributed by atoms with Gasteiger partial charge in [0.05, 0.1) is 34.4 Å². The summed E-state index contributed by atoms with van der Waals surface area (Å²) in [5.41, 5.74) is 0.377. The molecule has 0 aliphatic carbocycles. The summed E-state index contributed by atoms with van der Waals surface area (Å²) in [6.07, 6.45) is 1.42. The summed E-state index contributed by atoms with van der Waals surface area (Å²) in [6, 6.07) is 6.85. The van der Waals surface area contributed by atoms with Crippen molar-refractivity contribution < 1.29 is 9.53 Å². The minimum Gasteiger partial charge on any atom is -0.384 e. The molecule has 1 aromatic carbocycles. The summed E-state index contributed by atoms with van der Waals surface area (Å²) in [5.74, 6) is -0.108. The fourth-order valence-corrected chi connectivity index (χ4v) is 2.73. The fraction of sp³-hybridized carbons (Fsp3) is 0.467. The van der Waals surface area contributed by atoms with E-state index in [9.17, 15) is 4.79 Å². The molecule has 0 saturated carbocycles. The maximum Gasteiger partial charge on any atom is 0.233 e. The molecule has 1 fully saturated rings. The summed E-state index contributed by atoms with van der Waals surface area (Å²) in [7, 11) is 1.60. The maximum absolute atomic E-state index is 12.7. The minimum absolute atomic E-state index is 0.108. The highest BCUT2D eigenvalue weighted by molar-refractivity contribution is 6.33. The molecule has 1 amide bonds. The fourth-order valence-electron chi connectivity index (χ4n) is 2.56. The lowest BCUT2D eigenvalue weighted by Gasteiger charge is -2.35. The van der Waals surface area contributed by atoms with E-state index in [1.807, 2.05) is 6.07 Å². The number of amides is 1. The second kappa shape index (κ2) is 6.90. The molecule has 2 N–H and O–H groups in total. The predicted octanol–water partition coefficient (Wildman–Crippen LogP) is 2.17. The Morgan fingerprint density at radius 1 is 1.52 bits per heavy atom. The molecule has 0 unspecified atom stereocenters. The number of hydrogen-bond acceptors (Lipinski definition) is 4. The smallest absolute Gasteiger partial charge is 0.233 e. The van der Waals surface area contributed by atoms with Crippen LogP contribution in [-0.2, 0) is 9.53 Å². The Bertz CT molecular complexity index is 557. The first-order valence-corrected chi connectivity index (χ1v) is 7.20. The van der Waals surface area contributed by atoms with Crippen LogP contribution >= 0.6 is 11.6 Å². The number of nitrogens with zero attached hydrogens (tertiary/aromatic N) is 1. The summed E-state index contributed by atoms with van der Waals surface area (Å²) in [4.78, 5) is 12.7. The second-order valence-electron chi connectivity index (χ2n) is 5.22. The highest BCUT2D eigenvalue weighted by Crippen LogP contribution is 2.32. The van der Waals surface area contributed by atoms with Gasteiger partial charge in [-0.3, -0.25) is 4.79 Å². The second-order valence-corrected chi connectivity index (χ2v) is 5.63. The van der Waals surface area contributed by atoms with Crippen molar-refractivity contribution in [3.63, 3.8) is 0 Å². The summed E-state index contributed by atoms with van der Waals surface area (Å²) < 4.78 is 5.24. The predicted molar refractivity (Wildman–Crippen MR) is 81.2 cm³/mol. The first-order chi connectivity index (χ1) is 10.1. The number of piperidine rings is 1. The third-order valence-corrected chi connectivity index (χ3v) is 4.14. The van der Waals surface area contributed by atoms with Gasteiger partial charge >= 0.3 is 0 Å². The Labute approximate surface area is 129 Å². The van der Waals surface area contributed by atoms with Gasteiger partial charge in [-0.25, -0.2) is 0 Å². The van der Waals surface area contributed by atoms with E-state index in [-0.39, 0.29) is 5.91 Å². The third-order valence-electron chi connectivity index (χ3n) is 3.81. The van der Waals surface area contributed by atoms with Gasteiger partial charge in [0, 0.05) is 7.11 Å². The van der Waals surface area contributed by atoms with Crippen molar-refractivity contribution in [1.29, 1.82) is 5.26 Å². The van der Waals surface area contributed by atoms with Crippen molar-refractivity contribution >= 4 is 23.2 Å². The van der Waals surface area contributed by atoms with Gasteiger partial charge in [-0.05, 0) is 44.1 Å². The number of methoxy groups -OCH3 is 1. The van der Waals surface area contributed by atoms with Gasteiger partial charge in [-0.15, -0.1) is 0 Å². The first kappa shape index (κ1) is 15.8. The molecule has 5 nitrogen and oxygen atoms in total. The number of halogens is 1. The normalized spacial score (nSPS) is 17.0. The molecule has 1 aromatic rings. The van der Waals surface area contributed by atoms with Crippen LogP contribution in [0.3, 0.4) is 0 Å². The van der Waals surface area contributed by atoms with Crippen LogP contribution in [0.5, 0.6) is 0 Å². The van der Waals surface area contributed by atoms with Gasteiger partial charge in [-0.2, -0.15) is 5.26 Å². The topological polar surface area (TPSA) is 74.1 Å². The van der Waals surface area contributed by atoms with Crippen molar-refractivity contribution in [2.45, 2.75) is 12.8 Å². The lowest BCUT2D eigenvalue weighted by Crippen LogP contribution is -2.47. The zero-order valence-electron chi connectivity index (χ0n) is 11.9. The van der Waals surface area contributed by atoms with E-state index in [2.05, 4.69) is 10.6 Å². The third kappa shape index (κ3) is 3.53. The van der Waals surface area contributed by atoms with Crippen LogP contribution in [-0.4, -0.2) is 32.7 Å². The summed E-state index contributed by atoms with van der Waals surface area (Å²) >= 11 is 6.09. The van der Waals surface area contributed by atoms with Crippen LogP contribution < -0.4 is 10.6 Å². The number of ether oxygens (including phenoxy) is 1. The number of rotatable bonds is 4. The van der Waals surface area contributed by atoms with Crippen molar-refractivity contribution in [1.82, 2.24) is 5.32 Å². The molecule has 6 heteroatoms. The number of hydrogen-bond donors (Lipinski definition) is 2. The maximum atomic E-state index is 12.7. The van der Waals surface area contributed by atoms with Gasteiger partial charge in [-0.1, -0.05) is 11.6 Å². The molecule has 0 radical (unpaired) electrons. The average Bonchev–Trinajstić information content (AvgIpc) is 2.50. The molecule has 1 aliphatic rings. The van der Waals surface area contributed by atoms with E-state index >= 15 is 0 Å². The molecule has 2 rings (SSSR count). The monoisotopic (exact) mass is 307 g/mol. The standard InChI is InChI=1S/C15H18ClN3O2/c1-21-10-15(4-6-18-7-5-15)14(20)19-13-8-11(9-17)2-3-12(13)16/h2-3,8,18H,4-7,10H2,1H3,(H,19,20). The number of nitrogens with one attached hydrogen (secondary N) is 2. The van der Waals surface area contributed by atoms with Crippen molar-refractivity contribution in [2.75, 3.05) is 32.1 Å². The molecular formula is C15H18ClN3O2. The molecule has 0 bridgehead atoms. The number of nitriles is 1. The van der Waals surface area contributed by atoms with Crippen molar-refractivity contribution in [2.24, 2.45) is 5.41 Å². The zero-order chi connectivity index (χ0) is 15.3. The first-order valence-electron chi connectivity index (χ1n) is 6.82. The van der Waals surface area contributed by atoms with Crippen LogP contribution in [0.4, 0.5) is 5.69 Å². The summed E-state index contributed by atoms with van der Waals surface area (Å²) in [5, 5.41) is 15.4. The number of anilines is 1. The molecule has 0 spiro atoms. The molecule has 0 aromatic heterocycles. The van der Waals surface area contributed by atoms with Crippen molar-refractivity contribution in [3.05, 3.63) is 28.8 Å². The van der Waals surface area contributed by atoms with Gasteiger partial charge < -0.3 is 15.4 Å².